The van der Waals surface area contributed by atoms with Crippen molar-refractivity contribution in [3.05, 3.63) is 67.7 Å². The van der Waals surface area contributed by atoms with Crippen molar-refractivity contribution < 1.29 is 9.53 Å². The highest BCUT2D eigenvalue weighted by atomic mass is 32.1. The molecule has 0 fully saturated rings. The van der Waals surface area contributed by atoms with Crippen LogP contribution in [0.15, 0.2) is 29.1 Å². The fraction of sp³-hybridized carbons (Fsp3) is 0.333. The third-order valence-electron chi connectivity index (χ3n) is 5.55. The Morgan fingerprint density at radius 2 is 1.94 bits per heavy atom. The molecule has 1 aromatic carbocycles. The number of hydrogen-bond acceptors (Lipinski definition) is 6. The summed E-state index contributed by atoms with van der Waals surface area (Å²) in [6.07, 6.45) is 2.43. The molecule has 1 N–H and O–H groups in total. The van der Waals surface area contributed by atoms with Gasteiger partial charge in [-0.15, -0.1) is 11.3 Å². The summed E-state index contributed by atoms with van der Waals surface area (Å²) in [5.74, 6) is -0.0774. The number of fused-ring (bicyclic) bond motifs is 2. The zero-order valence-electron chi connectivity index (χ0n) is 18.2. The number of thiophene rings is 1. The van der Waals surface area contributed by atoms with Crippen LogP contribution in [0.2, 0.25) is 0 Å². The van der Waals surface area contributed by atoms with E-state index in [0.29, 0.717) is 28.0 Å². The van der Waals surface area contributed by atoms with E-state index in [0.717, 1.165) is 45.4 Å². The molecule has 0 aliphatic rings. The highest BCUT2D eigenvalue weighted by Gasteiger charge is 2.21. The number of nitrogens with one attached hydrogen (secondary N) is 1. The Balaban J connectivity index is 1.70. The number of aryl methyl sites for hydroxylation is 3. The zero-order chi connectivity index (χ0) is 22.1. The number of esters is 1. The van der Waals surface area contributed by atoms with E-state index in [-0.39, 0.29) is 12.2 Å². The van der Waals surface area contributed by atoms with Gasteiger partial charge < -0.3 is 9.72 Å². The van der Waals surface area contributed by atoms with Crippen LogP contribution in [0.3, 0.4) is 0 Å². The number of H-pyrrole nitrogens is 1. The van der Waals surface area contributed by atoms with Crippen LogP contribution in [0.1, 0.15) is 58.1 Å². The maximum absolute atomic E-state index is 13.2. The number of hydrogen-bond donors (Lipinski definition) is 1. The van der Waals surface area contributed by atoms with Crippen LogP contribution in [0, 0.1) is 13.8 Å². The van der Waals surface area contributed by atoms with Gasteiger partial charge in [0.05, 0.1) is 16.5 Å². The number of ether oxygens (including phenoxy) is 1. The van der Waals surface area contributed by atoms with Crippen molar-refractivity contribution in [3.63, 3.8) is 0 Å². The first-order chi connectivity index (χ1) is 14.9. The molecule has 4 rings (SSSR count). The largest absolute Gasteiger partial charge is 0.454 e. The maximum atomic E-state index is 13.2. The molecule has 0 amide bonds. The second-order valence-electron chi connectivity index (χ2n) is 7.58. The average molecular weight is 436 g/mol. The summed E-state index contributed by atoms with van der Waals surface area (Å²) < 4.78 is 5.64. The van der Waals surface area contributed by atoms with Gasteiger partial charge in [-0.25, -0.2) is 9.78 Å². The molecular formula is C24H25N3O3S. The van der Waals surface area contributed by atoms with Crippen molar-refractivity contribution in [1.82, 2.24) is 15.0 Å². The summed E-state index contributed by atoms with van der Waals surface area (Å²) in [7, 11) is 0. The molecule has 0 saturated carbocycles. The third-order valence-corrected chi connectivity index (χ3v) is 6.65. The predicted octanol–water partition coefficient (Wildman–Crippen LogP) is 5.02. The van der Waals surface area contributed by atoms with E-state index in [1.54, 1.807) is 0 Å². The van der Waals surface area contributed by atoms with Gasteiger partial charge in [-0.05, 0) is 43.9 Å². The molecule has 0 radical (unpaired) electrons. The lowest BCUT2D eigenvalue weighted by molar-refractivity contribution is 0.0463. The van der Waals surface area contributed by atoms with Crippen molar-refractivity contribution >= 4 is 38.4 Å². The Kier molecular flexibility index (Phi) is 5.87. The van der Waals surface area contributed by atoms with Gasteiger partial charge in [-0.2, -0.15) is 0 Å². The fourth-order valence-electron chi connectivity index (χ4n) is 3.93. The number of carbonyl (C=O) groups is 1. The van der Waals surface area contributed by atoms with E-state index < -0.39 is 5.97 Å². The third kappa shape index (κ3) is 3.85. The number of aromatic amines is 1. The SMILES string of the molecule is CCCc1nc2ccccc2c(C(=O)OCc2nc3sc(C)c(C)c3c(=O)[nH]2)c1CC. The number of nitrogens with zero attached hydrogens (tertiary/aromatic N) is 2. The van der Waals surface area contributed by atoms with Gasteiger partial charge in [0.15, 0.2) is 0 Å². The molecule has 0 aliphatic heterocycles. The lowest BCUT2D eigenvalue weighted by Crippen LogP contribution is -2.16. The Labute approximate surface area is 184 Å². The smallest absolute Gasteiger partial charge is 0.339 e. The van der Waals surface area contributed by atoms with E-state index in [9.17, 15) is 9.59 Å². The predicted molar refractivity (Wildman–Crippen MR) is 124 cm³/mol. The highest BCUT2D eigenvalue weighted by Crippen LogP contribution is 2.27. The fourth-order valence-corrected chi connectivity index (χ4v) is 4.98. The molecule has 0 atom stereocenters. The molecule has 0 aliphatic carbocycles. The van der Waals surface area contributed by atoms with Crippen molar-refractivity contribution in [2.75, 3.05) is 0 Å². The van der Waals surface area contributed by atoms with Crippen LogP contribution >= 0.6 is 11.3 Å². The minimum Gasteiger partial charge on any atom is -0.454 e. The zero-order valence-corrected chi connectivity index (χ0v) is 19.0. The molecule has 31 heavy (non-hydrogen) atoms. The molecule has 160 valence electrons. The number of aromatic nitrogens is 3. The summed E-state index contributed by atoms with van der Waals surface area (Å²) in [4.78, 5) is 39.5. The molecule has 0 bridgehead atoms. The Hall–Kier alpha value is -3.06. The standard InChI is InChI=1S/C24H25N3O3S/c1-5-9-17-15(6-2)21(16-10-7-8-11-18(16)25-17)24(29)30-12-19-26-22(28)20-13(3)14(4)31-23(20)27-19/h7-8,10-11H,5-6,9,12H2,1-4H3,(H,26,27,28). The normalized spacial score (nSPS) is 11.4. The second-order valence-corrected chi connectivity index (χ2v) is 8.79. The first-order valence-electron chi connectivity index (χ1n) is 10.5. The van der Waals surface area contributed by atoms with Crippen LogP contribution in [-0.4, -0.2) is 20.9 Å². The number of benzene rings is 1. The molecule has 4 aromatic rings. The van der Waals surface area contributed by atoms with Crippen molar-refractivity contribution in [2.24, 2.45) is 0 Å². The van der Waals surface area contributed by atoms with Gasteiger partial charge in [0, 0.05) is 16.0 Å². The quantitative estimate of drug-likeness (QED) is 0.430. The van der Waals surface area contributed by atoms with Crippen molar-refractivity contribution in [2.45, 2.75) is 53.6 Å². The summed E-state index contributed by atoms with van der Waals surface area (Å²) in [5, 5.41) is 1.39. The van der Waals surface area contributed by atoms with Crippen LogP contribution in [0.25, 0.3) is 21.1 Å². The van der Waals surface area contributed by atoms with Gasteiger partial charge in [0.25, 0.3) is 5.56 Å². The maximum Gasteiger partial charge on any atom is 0.339 e. The van der Waals surface area contributed by atoms with Gasteiger partial charge in [-0.3, -0.25) is 9.78 Å². The Bertz CT molecular complexity index is 1350. The molecule has 0 spiro atoms. The van der Waals surface area contributed by atoms with Crippen LogP contribution in [0.4, 0.5) is 0 Å². The van der Waals surface area contributed by atoms with Crippen LogP contribution in [-0.2, 0) is 24.2 Å². The molecule has 3 aromatic heterocycles. The van der Waals surface area contributed by atoms with Gasteiger partial charge in [0.2, 0.25) is 0 Å². The number of para-hydroxylation sites is 1. The molecule has 7 heteroatoms. The minimum atomic E-state index is -0.422. The molecular weight excluding hydrogens is 410 g/mol. The van der Waals surface area contributed by atoms with E-state index in [1.165, 1.54) is 11.3 Å². The van der Waals surface area contributed by atoms with Gasteiger partial charge >= 0.3 is 5.97 Å². The molecule has 0 unspecified atom stereocenters. The summed E-state index contributed by atoms with van der Waals surface area (Å²) in [6, 6.07) is 7.63. The van der Waals surface area contributed by atoms with Gasteiger partial charge in [0.1, 0.15) is 17.3 Å². The van der Waals surface area contributed by atoms with Crippen molar-refractivity contribution in [3.8, 4) is 0 Å². The van der Waals surface area contributed by atoms with Crippen molar-refractivity contribution in [1.29, 1.82) is 0 Å². The first-order valence-corrected chi connectivity index (χ1v) is 11.3. The number of pyridine rings is 1. The lowest BCUT2D eigenvalue weighted by atomic mass is 9.96. The van der Waals surface area contributed by atoms with E-state index >= 15 is 0 Å². The molecule has 0 saturated heterocycles. The minimum absolute atomic E-state index is 0.0943. The van der Waals surface area contributed by atoms with Gasteiger partial charge in [-0.1, -0.05) is 38.5 Å². The Morgan fingerprint density at radius 3 is 2.68 bits per heavy atom. The summed E-state index contributed by atoms with van der Waals surface area (Å²) in [5.41, 5.74) is 3.94. The number of rotatable bonds is 6. The van der Waals surface area contributed by atoms with E-state index in [4.69, 9.17) is 9.72 Å². The summed E-state index contributed by atoms with van der Waals surface area (Å²) in [6.45, 7) is 7.91. The van der Waals surface area contributed by atoms with Crippen LogP contribution in [0.5, 0.6) is 0 Å². The first kappa shape index (κ1) is 21.2. The Morgan fingerprint density at radius 1 is 1.16 bits per heavy atom. The highest BCUT2D eigenvalue weighted by molar-refractivity contribution is 7.18. The topological polar surface area (TPSA) is 84.9 Å². The van der Waals surface area contributed by atoms with Crippen LogP contribution < -0.4 is 5.56 Å². The second kappa shape index (κ2) is 8.59. The van der Waals surface area contributed by atoms with E-state index in [1.807, 2.05) is 45.0 Å². The number of carbonyl (C=O) groups excluding carboxylic acids is 1. The average Bonchev–Trinajstić information content (AvgIpc) is 3.05. The lowest BCUT2D eigenvalue weighted by Gasteiger charge is -2.15. The summed E-state index contributed by atoms with van der Waals surface area (Å²) >= 11 is 1.47. The monoisotopic (exact) mass is 435 g/mol. The molecule has 3 heterocycles. The van der Waals surface area contributed by atoms with E-state index in [2.05, 4.69) is 16.9 Å². The molecule has 6 nitrogen and oxygen atoms in total.